The Labute approximate surface area is 83.0 Å². The molecule has 0 bridgehead atoms. The summed E-state index contributed by atoms with van der Waals surface area (Å²) >= 11 is 0. The van der Waals surface area contributed by atoms with E-state index in [0.29, 0.717) is 11.5 Å². The fourth-order valence-corrected chi connectivity index (χ4v) is 1.76. The van der Waals surface area contributed by atoms with Gasteiger partial charge in [-0.15, -0.1) is 0 Å². The second kappa shape index (κ2) is 4.27. The van der Waals surface area contributed by atoms with Crippen LogP contribution in [0.3, 0.4) is 0 Å². The summed E-state index contributed by atoms with van der Waals surface area (Å²) in [5, 5.41) is 5.21. The summed E-state index contributed by atoms with van der Waals surface area (Å²) < 4.78 is 12.2. The molecule has 1 saturated heterocycles. The van der Waals surface area contributed by atoms with Crippen molar-refractivity contribution in [3.63, 3.8) is 0 Å². The molecule has 1 N–H and O–H groups in total. The first kappa shape index (κ1) is 9.25. The Balaban J connectivity index is 2.39. The van der Waals surface area contributed by atoms with Crippen molar-refractivity contribution in [1.82, 2.24) is 5.32 Å². The van der Waals surface area contributed by atoms with Crippen LogP contribution in [0.2, 0.25) is 0 Å². The number of rotatable bonds is 0. The Morgan fingerprint density at radius 2 is 1.93 bits per heavy atom. The number of hydrogen-bond donors (Lipinski definition) is 1. The van der Waals surface area contributed by atoms with Gasteiger partial charge in [-0.1, -0.05) is 24.3 Å². The van der Waals surface area contributed by atoms with Gasteiger partial charge in [0.25, 0.3) is 0 Å². The molecule has 0 aliphatic carbocycles. The molecule has 1 aromatic rings. The molecule has 0 amide bonds. The summed E-state index contributed by atoms with van der Waals surface area (Å²) in [4.78, 5) is 0. The molecule has 0 radical (unpaired) electrons. The minimum Gasteiger partial charge on any atom is -0.388 e. The predicted octanol–water partition coefficient (Wildman–Crippen LogP) is 1.28. The topological polar surface area (TPSA) is 12.0 Å². The van der Waals surface area contributed by atoms with E-state index in [1.807, 2.05) is 12.1 Å². The first-order valence-corrected chi connectivity index (χ1v) is 5.04. The molecule has 0 atom stereocenters. The molecule has 0 unspecified atom stereocenters. The summed E-state index contributed by atoms with van der Waals surface area (Å²) in [6.45, 7) is 1.06. The summed E-state index contributed by atoms with van der Waals surface area (Å²) in [5.41, 5.74) is 1.29. The molecule has 0 spiro atoms. The monoisotopic (exact) mass is 191 g/mol. The van der Waals surface area contributed by atoms with Crippen molar-refractivity contribution in [3.8, 4) is 0 Å². The van der Waals surface area contributed by atoms with Gasteiger partial charge < -0.3 is 5.32 Å². The molecular weight excluding hydrogens is 177 g/mol. The van der Waals surface area contributed by atoms with E-state index in [1.54, 1.807) is 12.1 Å². The van der Waals surface area contributed by atoms with Crippen LogP contribution >= 0.6 is 0 Å². The van der Waals surface area contributed by atoms with Crippen LogP contribution in [0.25, 0.3) is 12.0 Å². The molecule has 74 valence electrons. The van der Waals surface area contributed by atoms with Gasteiger partial charge in [0.15, 0.2) is 0 Å². The van der Waals surface area contributed by atoms with Gasteiger partial charge in [-0.05, 0) is 24.5 Å². The lowest BCUT2D eigenvalue weighted by atomic mass is 10.1. The third kappa shape index (κ3) is 1.95. The van der Waals surface area contributed by atoms with Crippen LogP contribution in [-0.2, 0) is 0 Å². The Morgan fingerprint density at radius 1 is 1.14 bits per heavy atom. The maximum atomic E-state index is 12.2. The van der Waals surface area contributed by atoms with Crippen molar-refractivity contribution in [3.05, 3.63) is 34.7 Å². The van der Waals surface area contributed by atoms with E-state index in [-0.39, 0.29) is 0 Å². The number of hydrogen-bond acceptors (Lipinski definition) is 1. The largest absolute Gasteiger partial charge is 0.388 e. The highest BCUT2D eigenvalue weighted by molar-refractivity contribution is 5.43. The Morgan fingerprint density at radius 3 is 2.50 bits per heavy atom. The fourth-order valence-electron chi connectivity index (χ4n) is 1.76. The Hall–Kier alpha value is -1.31. The quantitative estimate of drug-likeness (QED) is 0.651. The second-order valence-electron chi connectivity index (χ2n) is 3.59. The smallest absolute Gasteiger partial charge is 0.0939 e. The van der Waals surface area contributed by atoms with Gasteiger partial charge in [0.2, 0.25) is 0 Å². The number of nitrogens with one attached hydrogen (secondary N) is 1. The average molecular weight is 191 g/mol. The maximum Gasteiger partial charge on any atom is 0.0939 e. The number of piperidine rings is 1. The minimum atomic E-state index is 0.628. The third-order valence-electron chi connectivity index (χ3n) is 2.58. The van der Waals surface area contributed by atoms with Crippen LogP contribution < -0.4 is 15.8 Å². The van der Waals surface area contributed by atoms with Gasteiger partial charge in [0.05, 0.1) is 6.33 Å². The zero-order chi connectivity index (χ0) is 9.80. The SMILES string of the molecule is FC=c1ccc(=C2CCCCN2)cc1. The van der Waals surface area contributed by atoms with Crippen molar-refractivity contribution in [2.45, 2.75) is 19.3 Å². The van der Waals surface area contributed by atoms with Gasteiger partial charge in [-0.3, -0.25) is 0 Å². The van der Waals surface area contributed by atoms with E-state index < -0.39 is 0 Å². The molecule has 1 aliphatic heterocycles. The van der Waals surface area contributed by atoms with Crippen LogP contribution in [0, 0.1) is 0 Å². The van der Waals surface area contributed by atoms with Gasteiger partial charge in [0.1, 0.15) is 0 Å². The van der Waals surface area contributed by atoms with Crippen LogP contribution in [0.15, 0.2) is 24.3 Å². The molecule has 0 aromatic heterocycles. The minimum absolute atomic E-state index is 0.628. The van der Waals surface area contributed by atoms with Crippen LogP contribution in [0.5, 0.6) is 0 Å². The lowest BCUT2D eigenvalue weighted by Crippen LogP contribution is -2.25. The summed E-state index contributed by atoms with van der Waals surface area (Å²) in [6.07, 6.45) is 4.24. The maximum absolute atomic E-state index is 12.2. The van der Waals surface area contributed by atoms with E-state index in [4.69, 9.17) is 0 Å². The molecule has 1 fully saturated rings. The van der Waals surface area contributed by atoms with Crippen LogP contribution in [0.4, 0.5) is 4.39 Å². The van der Waals surface area contributed by atoms with E-state index in [0.717, 1.165) is 13.0 Å². The van der Waals surface area contributed by atoms with Crippen molar-refractivity contribution in [2.24, 2.45) is 0 Å². The average Bonchev–Trinajstić information content (AvgIpc) is 2.30. The molecule has 2 rings (SSSR count). The second-order valence-corrected chi connectivity index (χ2v) is 3.59. The van der Waals surface area contributed by atoms with E-state index in [9.17, 15) is 4.39 Å². The Bertz CT molecular complexity index is 391. The zero-order valence-corrected chi connectivity index (χ0v) is 8.09. The molecule has 1 heterocycles. The summed E-state index contributed by atoms with van der Waals surface area (Å²) in [5.74, 6) is 0. The molecule has 1 aliphatic rings. The first-order chi connectivity index (χ1) is 6.90. The van der Waals surface area contributed by atoms with E-state index in [2.05, 4.69) is 5.32 Å². The highest BCUT2D eigenvalue weighted by Crippen LogP contribution is 2.08. The number of benzene rings is 1. The molecule has 1 nitrogen and oxygen atoms in total. The Kier molecular flexibility index (Phi) is 2.82. The normalized spacial score (nSPS) is 16.2. The van der Waals surface area contributed by atoms with Gasteiger partial charge in [-0.25, -0.2) is 4.39 Å². The summed E-state index contributed by atoms with van der Waals surface area (Å²) in [6, 6.07) is 7.55. The van der Waals surface area contributed by atoms with Gasteiger partial charge in [0, 0.05) is 17.5 Å². The van der Waals surface area contributed by atoms with E-state index >= 15 is 0 Å². The fraction of sp³-hybridized carbons (Fsp3) is 0.333. The molecule has 1 aromatic carbocycles. The van der Waals surface area contributed by atoms with Crippen molar-refractivity contribution in [2.75, 3.05) is 6.54 Å². The third-order valence-corrected chi connectivity index (χ3v) is 2.58. The van der Waals surface area contributed by atoms with Crippen molar-refractivity contribution < 1.29 is 4.39 Å². The lowest BCUT2D eigenvalue weighted by molar-refractivity contribution is 0.641. The molecule has 2 heteroatoms. The zero-order valence-electron chi connectivity index (χ0n) is 8.09. The standard InChI is InChI=1S/C12H14FN/c13-9-10-4-6-11(7-5-10)12-3-1-2-8-14-12/h4-7,9,14H,1-3,8H2. The molecule has 14 heavy (non-hydrogen) atoms. The summed E-state index contributed by atoms with van der Waals surface area (Å²) in [7, 11) is 0. The molecular formula is C12H14FN. The number of halogens is 1. The van der Waals surface area contributed by atoms with Crippen molar-refractivity contribution >= 4 is 12.0 Å². The van der Waals surface area contributed by atoms with Gasteiger partial charge >= 0.3 is 0 Å². The van der Waals surface area contributed by atoms with Crippen LogP contribution in [0.1, 0.15) is 19.3 Å². The highest BCUT2D eigenvalue weighted by atomic mass is 19.1. The van der Waals surface area contributed by atoms with E-state index in [1.165, 1.54) is 23.8 Å². The van der Waals surface area contributed by atoms with Gasteiger partial charge in [-0.2, -0.15) is 0 Å². The van der Waals surface area contributed by atoms with Crippen LogP contribution in [-0.4, -0.2) is 6.54 Å². The highest BCUT2D eigenvalue weighted by Gasteiger charge is 2.03. The molecule has 0 saturated carbocycles. The predicted molar refractivity (Wildman–Crippen MR) is 56.5 cm³/mol. The van der Waals surface area contributed by atoms with Crippen molar-refractivity contribution in [1.29, 1.82) is 0 Å². The first-order valence-electron chi connectivity index (χ1n) is 5.04. The lowest BCUT2D eigenvalue weighted by Gasteiger charge is -2.16.